The van der Waals surface area contributed by atoms with Gasteiger partial charge in [-0.3, -0.25) is 4.79 Å². The molecule has 3 aromatic carbocycles. The molecule has 3 aromatic rings. The number of hydrogen-bond donors (Lipinski definition) is 1. The number of fused-ring (bicyclic) bond motifs is 1. The highest BCUT2D eigenvalue weighted by molar-refractivity contribution is 7.90. The van der Waals surface area contributed by atoms with Gasteiger partial charge in [0.1, 0.15) is 4.90 Å². The van der Waals surface area contributed by atoms with Gasteiger partial charge >= 0.3 is 11.9 Å². The Hall–Kier alpha value is -4.18. The van der Waals surface area contributed by atoms with Crippen molar-refractivity contribution in [2.75, 3.05) is 12.2 Å². The molecule has 1 N–H and O–H groups in total. The summed E-state index contributed by atoms with van der Waals surface area (Å²) in [5, 5.41) is 0. The molecule has 0 saturated heterocycles. The van der Waals surface area contributed by atoms with Gasteiger partial charge in [-0.1, -0.05) is 42.5 Å². The fraction of sp³-hybridized carbons (Fsp3) is 0.0870. The van der Waals surface area contributed by atoms with Gasteiger partial charge in [-0.05, 0) is 42.0 Å². The minimum Gasteiger partial charge on any atom is -0.439 e. The minimum absolute atomic E-state index is 0.0331. The third kappa shape index (κ3) is 4.70. The number of sulfonamides is 1. The number of hydrogen-bond acceptors (Lipinski definition) is 8. The topological polar surface area (TPSA) is 119 Å². The molecule has 10 heteroatoms. The zero-order valence-electron chi connectivity index (χ0n) is 17.1. The average Bonchev–Trinajstić information content (AvgIpc) is 3.02. The van der Waals surface area contributed by atoms with E-state index < -0.39 is 34.6 Å². The van der Waals surface area contributed by atoms with Gasteiger partial charge in [0.05, 0.1) is 23.2 Å². The molecule has 0 saturated carbocycles. The summed E-state index contributed by atoms with van der Waals surface area (Å²) in [5.41, 5.74) is 3.88. The van der Waals surface area contributed by atoms with E-state index in [1.165, 1.54) is 42.5 Å². The highest BCUT2D eigenvalue weighted by atomic mass is 32.2. The molecule has 0 bridgehead atoms. The van der Waals surface area contributed by atoms with Crippen LogP contribution in [0, 0.1) is 0 Å². The Labute approximate surface area is 189 Å². The molecule has 0 fully saturated rings. The third-order valence-electron chi connectivity index (χ3n) is 4.82. The van der Waals surface area contributed by atoms with Gasteiger partial charge in [-0.15, -0.1) is 0 Å². The molecule has 0 unspecified atom stereocenters. The number of benzene rings is 3. The van der Waals surface area contributed by atoms with Crippen LogP contribution in [0.3, 0.4) is 0 Å². The van der Waals surface area contributed by atoms with Crippen molar-refractivity contribution in [3.63, 3.8) is 0 Å². The van der Waals surface area contributed by atoms with Gasteiger partial charge in [0.15, 0.2) is 6.73 Å². The Morgan fingerprint density at radius 3 is 2.24 bits per heavy atom. The summed E-state index contributed by atoms with van der Waals surface area (Å²) in [6.45, 7) is -0.744. The van der Waals surface area contributed by atoms with E-state index in [0.717, 1.165) is 5.56 Å². The SMILES string of the molecule is O=C(Cc1ccccc1)ONc1ccc(C(=O)OCN2C(=O)c3ccccc3S2(=O)=O)cc1. The summed E-state index contributed by atoms with van der Waals surface area (Å²) in [5.74, 6) is -2.06. The Kier molecular flexibility index (Phi) is 6.09. The molecule has 4 rings (SSSR count). The summed E-state index contributed by atoms with van der Waals surface area (Å²) in [4.78, 5) is 41.4. The van der Waals surface area contributed by atoms with Crippen molar-refractivity contribution in [1.29, 1.82) is 0 Å². The Morgan fingerprint density at radius 1 is 0.879 bits per heavy atom. The fourth-order valence-corrected chi connectivity index (χ4v) is 4.58. The average molecular weight is 466 g/mol. The molecule has 168 valence electrons. The van der Waals surface area contributed by atoms with Gasteiger partial charge in [-0.25, -0.2) is 23.5 Å². The number of carbonyl (C=O) groups is 3. The van der Waals surface area contributed by atoms with Gasteiger partial charge in [0.25, 0.3) is 15.9 Å². The van der Waals surface area contributed by atoms with E-state index in [2.05, 4.69) is 5.48 Å². The van der Waals surface area contributed by atoms with Crippen molar-refractivity contribution in [1.82, 2.24) is 4.31 Å². The first-order valence-corrected chi connectivity index (χ1v) is 11.2. The lowest BCUT2D eigenvalue weighted by atomic mass is 10.2. The number of anilines is 1. The number of carbonyl (C=O) groups excluding carboxylic acids is 3. The quantitative estimate of drug-likeness (QED) is 0.417. The van der Waals surface area contributed by atoms with E-state index in [-0.39, 0.29) is 22.4 Å². The summed E-state index contributed by atoms with van der Waals surface area (Å²) >= 11 is 0. The highest BCUT2D eigenvalue weighted by Crippen LogP contribution is 2.29. The molecule has 1 aliphatic rings. The Morgan fingerprint density at radius 2 is 1.55 bits per heavy atom. The first-order chi connectivity index (χ1) is 15.9. The maximum absolute atomic E-state index is 12.5. The molecule has 33 heavy (non-hydrogen) atoms. The number of nitrogens with one attached hydrogen (secondary N) is 1. The van der Waals surface area contributed by atoms with E-state index in [0.29, 0.717) is 9.99 Å². The number of amides is 1. The van der Waals surface area contributed by atoms with E-state index in [4.69, 9.17) is 9.57 Å². The van der Waals surface area contributed by atoms with Gasteiger partial charge < -0.3 is 9.57 Å². The first kappa shape index (κ1) is 22.0. The second-order valence-corrected chi connectivity index (χ2v) is 8.86. The van der Waals surface area contributed by atoms with Crippen molar-refractivity contribution >= 4 is 33.6 Å². The molecular formula is C23H18N2O7S. The van der Waals surface area contributed by atoms with Crippen LogP contribution >= 0.6 is 0 Å². The van der Waals surface area contributed by atoms with Crippen LogP contribution in [0.5, 0.6) is 0 Å². The van der Waals surface area contributed by atoms with Crippen molar-refractivity contribution in [3.8, 4) is 0 Å². The minimum atomic E-state index is -4.07. The fourth-order valence-electron chi connectivity index (χ4n) is 3.15. The van der Waals surface area contributed by atoms with Crippen LogP contribution in [0.15, 0.2) is 83.8 Å². The predicted molar refractivity (Wildman–Crippen MR) is 116 cm³/mol. The molecule has 1 aliphatic heterocycles. The van der Waals surface area contributed by atoms with Crippen LogP contribution in [0.1, 0.15) is 26.3 Å². The molecule has 0 radical (unpaired) electrons. The van der Waals surface area contributed by atoms with Crippen LogP contribution in [-0.2, 0) is 30.8 Å². The first-order valence-electron chi connectivity index (χ1n) is 9.79. The highest BCUT2D eigenvalue weighted by Gasteiger charge is 2.41. The Balaban J connectivity index is 1.31. The zero-order valence-corrected chi connectivity index (χ0v) is 17.9. The second kappa shape index (κ2) is 9.13. The van der Waals surface area contributed by atoms with Crippen LogP contribution in [0.25, 0.3) is 0 Å². The molecule has 0 spiro atoms. The lowest BCUT2D eigenvalue weighted by molar-refractivity contribution is -0.139. The van der Waals surface area contributed by atoms with Crippen LogP contribution in [0.4, 0.5) is 5.69 Å². The standard InChI is InChI=1S/C23H18N2O7S/c26-21(14-16-6-2-1-3-7-16)32-24-18-12-10-17(11-13-18)23(28)31-15-25-22(27)19-8-4-5-9-20(19)33(25,29)30/h1-13,24H,14-15H2. The van der Waals surface area contributed by atoms with E-state index in [1.54, 1.807) is 18.2 Å². The monoisotopic (exact) mass is 466 g/mol. The smallest absolute Gasteiger partial charge is 0.339 e. The molecule has 1 amide bonds. The number of nitrogens with zero attached hydrogens (tertiary/aromatic N) is 1. The lowest BCUT2D eigenvalue weighted by Crippen LogP contribution is -2.33. The normalized spacial score (nSPS) is 13.8. The molecule has 0 aliphatic carbocycles. The third-order valence-corrected chi connectivity index (χ3v) is 6.58. The molecular weight excluding hydrogens is 448 g/mol. The maximum Gasteiger partial charge on any atom is 0.339 e. The van der Waals surface area contributed by atoms with Crippen molar-refractivity contribution in [2.24, 2.45) is 0 Å². The summed E-state index contributed by atoms with van der Waals surface area (Å²) < 4.78 is 30.5. The van der Waals surface area contributed by atoms with E-state index in [9.17, 15) is 22.8 Å². The maximum atomic E-state index is 12.5. The van der Waals surface area contributed by atoms with Crippen LogP contribution in [-0.4, -0.2) is 37.3 Å². The van der Waals surface area contributed by atoms with Crippen molar-refractivity contribution in [2.45, 2.75) is 11.3 Å². The molecule has 0 aromatic heterocycles. The van der Waals surface area contributed by atoms with Gasteiger partial charge in [-0.2, -0.15) is 4.31 Å². The van der Waals surface area contributed by atoms with E-state index in [1.807, 2.05) is 18.2 Å². The molecule has 1 heterocycles. The van der Waals surface area contributed by atoms with Gasteiger partial charge in [0, 0.05) is 0 Å². The van der Waals surface area contributed by atoms with Crippen LogP contribution in [0.2, 0.25) is 0 Å². The second-order valence-electron chi connectivity index (χ2n) is 7.03. The number of rotatable bonds is 7. The summed E-state index contributed by atoms with van der Waals surface area (Å²) in [7, 11) is -4.07. The van der Waals surface area contributed by atoms with E-state index >= 15 is 0 Å². The largest absolute Gasteiger partial charge is 0.439 e. The summed E-state index contributed by atoms with van der Waals surface area (Å²) in [6.07, 6.45) is 0.0975. The molecule has 0 atom stereocenters. The Bertz CT molecular complexity index is 1310. The lowest BCUT2D eigenvalue weighted by Gasteiger charge is -2.15. The zero-order chi connectivity index (χ0) is 23.4. The summed E-state index contributed by atoms with van der Waals surface area (Å²) in [6, 6.07) is 20.7. The van der Waals surface area contributed by atoms with Crippen molar-refractivity contribution in [3.05, 3.63) is 95.6 Å². The van der Waals surface area contributed by atoms with Crippen LogP contribution < -0.4 is 5.48 Å². The molecule has 9 nitrogen and oxygen atoms in total. The predicted octanol–water partition coefficient (Wildman–Crippen LogP) is 2.76. The van der Waals surface area contributed by atoms with Gasteiger partial charge in [0.2, 0.25) is 0 Å². The number of ether oxygens (including phenoxy) is 1. The number of esters is 1. The van der Waals surface area contributed by atoms with Crippen molar-refractivity contribution < 1.29 is 32.4 Å².